The first-order chi connectivity index (χ1) is 10.1. The van der Waals surface area contributed by atoms with Gasteiger partial charge in [0.2, 0.25) is 0 Å². The fourth-order valence-electron chi connectivity index (χ4n) is 2.01. The van der Waals surface area contributed by atoms with E-state index in [0.29, 0.717) is 11.3 Å². The Labute approximate surface area is 126 Å². The van der Waals surface area contributed by atoms with Crippen molar-refractivity contribution in [3.05, 3.63) is 78.0 Å². The number of sulfone groups is 1. The van der Waals surface area contributed by atoms with E-state index in [2.05, 4.69) is 5.32 Å². The predicted molar refractivity (Wildman–Crippen MR) is 85.8 cm³/mol. The van der Waals surface area contributed by atoms with Gasteiger partial charge in [-0.15, -0.1) is 0 Å². The van der Waals surface area contributed by atoms with E-state index in [0.717, 1.165) is 11.3 Å². The average Bonchev–Trinajstić information content (AvgIpc) is 2.53. The molecule has 0 saturated heterocycles. The molecule has 3 nitrogen and oxygen atoms in total. The van der Waals surface area contributed by atoms with Crippen molar-refractivity contribution in [3.63, 3.8) is 0 Å². The van der Waals surface area contributed by atoms with Crippen LogP contribution in [0.3, 0.4) is 0 Å². The van der Waals surface area contributed by atoms with E-state index >= 15 is 0 Å². The van der Waals surface area contributed by atoms with Gasteiger partial charge in [0.1, 0.15) is 0 Å². The molecule has 0 unspecified atom stereocenters. The minimum Gasteiger partial charge on any atom is -0.391 e. The third kappa shape index (κ3) is 4.46. The van der Waals surface area contributed by atoms with Crippen LogP contribution >= 0.6 is 0 Å². The number of nitrogens with one attached hydrogen (secondary N) is 1. The summed E-state index contributed by atoms with van der Waals surface area (Å²) in [5.74, 6) is 0.0000201. The maximum absolute atomic E-state index is 12.2. The van der Waals surface area contributed by atoms with E-state index in [4.69, 9.17) is 0 Å². The van der Waals surface area contributed by atoms with Crippen LogP contribution in [-0.4, -0.2) is 21.2 Å². The van der Waals surface area contributed by atoms with Crippen molar-refractivity contribution in [1.29, 1.82) is 0 Å². The predicted octanol–water partition coefficient (Wildman–Crippen LogP) is 2.81. The largest absolute Gasteiger partial charge is 0.391 e. The molecule has 0 radical (unpaired) electrons. The van der Waals surface area contributed by atoms with Gasteiger partial charge >= 0.3 is 0 Å². The molecule has 0 aliphatic rings. The zero-order valence-corrected chi connectivity index (χ0v) is 12.8. The fraction of sp³-hybridized carbons (Fsp3) is 0.176. The molecule has 2 rings (SSSR count). The van der Waals surface area contributed by atoms with Crippen molar-refractivity contribution in [2.24, 2.45) is 0 Å². The average molecular weight is 301 g/mol. The van der Waals surface area contributed by atoms with E-state index in [1.807, 2.05) is 43.4 Å². The Hall–Kier alpha value is -2.07. The zero-order chi connectivity index (χ0) is 15.1. The van der Waals surface area contributed by atoms with Crippen LogP contribution in [0.25, 0.3) is 0 Å². The quantitative estimate of drug-likeness (QED) is 0.892. The summed E-state index contributed by atoms with van der Waals surface area (Å²) in [5.41, 5.74) is 2.05. The normalized spacial score (nSPS) is 12.1. The highest BCUT2D eigenvalue weighted by Crippen LogP contribution is 2.12. The Kier molecular flexibility index (Phi) is 5.17. The second-order valence-electron chi connectivity index (χ2n) is 4.74. The second-order valence-corrected chi connectivity index (χ2v) is 6.77. The molecule has 0 bridgehead atoms. The van der Waals surface area contributed by atoms with Crippen LogP contribution in [0.1, 0.15) is 5.56 Å². The van der Waals surface area contributed by atoms with E-state index in [1.165, 1.54) is 0 Å². The molecule has 2 aromatic rings. The monoisotopic (exact) mass is 301 g/mol. The van der Waals surface area contributed by atoms with Gasteiger partial charge in [-0.05, 0) is 23.8 Å². The number of allylic oxidation sites excluding steroid dienone is 1. The molecule has 21 heavy (non-hydrogen) atoms. The summed E-state index contributed by atoms with van der Waals surface area (Å²) < 4.78 is 24.5. The maximum atomic E-state index is 12.2. The highest BCUT2D eigenvalue weighted by molar-refractivity contribution is 7.91. The highest BCUT2D eigenvalue weighted by atomic mass is 32.2. The highest BCUT2D eigenvalue weighted by Gasteiger charge is 2.12. The Balaban J connectivity index is 2.11. The molecule has 0 heterocycles. The van der Waals surface area contributed by atoms with Gasteiger partial charge in [0.05, 0.1) is 10.6 Å². The summed E-state index contributed by atoms with van der Waals surface area (Å²) in [6, 6.07) is 18.5. The van der Waals surface area contributed by atoms with Crippen molar-refractivity contribution in [1.82, 2.24) is 5.32 Å². The fourth-order valence-corrected chi connectivity index (χ4v) is 3.20. The van der Waals surface area contributed by atoms with E-state index in [9.17, 15) is 8.42 Å². The third-order valence-corrected chi connectivity index (χ3v) is 4.81. The van der Waals surface area contributed by atoms with Crippen LogP contribution in [-0.2, 0) is 16.3 Å². The summed E-state index contributed by atoms with van der Waals surface area (Å²) in [5, 5.41) is 3.07. The van der Waals surface area contributed by atoms with E-state index in [-0.39, 0.29) is 5.75 Å². The molecular weight excluding hydrogens is 282 g/mol. The molecule has 0 aliphatic heterocycles. The van der Waals surface area contributed by atoms with Crippen LogP contribution in [0.4, 0.5) is 0 Å². The Bertz CT molecular complexity index is 692. The Morgan fingerprint density at radius 1 is 1.00 bits per heavy atom. The molecule has 0 spiro atoms. The molecule has 4 heteroatoms. The molecule has 110 valence electrons. The van der Waals surface area contributed by atoms with E-state index < -0.39 is 9.84 Å². The van der Waals surface area contributed by atoms with Crippen molar-refractivity contribution in [3.8, 4) is 0 Å². The van der Waals surface area contributed by atoms with Crippen molar-refractivity contribution < 1.29 is 8.42 Å². The summed E-state index contributed by atoms with van der Waals surface area (Å²) in [7, 11) is -1.46. The van der Waals surface area contributed by atoms with Gasteiger partial charge in [-0.3, -0.25) is 0 Å². The summed E-state index contributed by atoms with van der Waals surface area (Å²) in [6.45, 7) is 0. The lowest BCUT2D eigenvalue weighted by Crippen LogP contribution is -2.12. The lowest BCUT2D eigenvalue weighted by atomic mass is 10.1. The maximum Gasteiger partial charge on any atom is 0.181 e. The summed E-state index contributed by atoms with van der Waals surface area (Å²) in [6.07, 6.45) is 2.44. The Morgan fingerprint density at radius 2 is 1.57 bits per heavy atom. The summed E-state index contributed by atoms with van der Waals surface area (Å²) in [4.78, 5) is 0.358. The van der Waals surface area contributed by atoms with Crippen LogP contribution in [0.2, 0.25) is 0 Å². The molecule has 1 N–H and O–H groups in total. The van der Waals surface area contributed by atoms with Crippen LogP contribution in [0.15, 0.2) is 77.3 Å². The van der Waals surface area contributed by atoms with Crippen LogP contribution in [0.5, 0.6) is 0 Å². The van der Waals surface area contributed by atoms with Gasteiger partial charge in [-0.2, -0.15) is 0 Å². The van der Waals surface area contributed by atoms with Crippen molar-refractivity contribution in [2.45, 2.75) is 11.3 Å². The minimum atomic E-state index is -3.27. The van der Waals surface area contributed by atoms with Gasteiger partial charge in [-0.25, -0.2) is 8.42 Å². The third-order valence-electron chi connectivity index (χ3n) is 3.21. The Morgan fingerprint density at radius 3 is 2.14 bits per heavy atom. The lowest BCUT2D eigenvalue weighted by molar-refractivity contribution is 0.598. The number of hydrogen-bond donors (Lipinski definition) is 1. The first kappa shape index (κ1) is 15.3. The zero-order valence-electron chi connectivity index (χ0n) is 12.0. The smallest absolute Gasteiger partial charge is 0.181 e. The number of rotatable bonds is 6. The molecule has 0 saturated carbocycles. The van der Waals surface area contributed by atoms with Crippen LogP contribution in [0, 0.1) is 0 Å². The standard InChI is InChI=1S/C17H19NO2S/c1-18-16(14-15-8-4-2-5-9-15)12-13-21(19,20)17-10-6-3-7-11-17/h2-12,18H,13-14H2,1H3. The molecule has 0 fully saturated rings. The summed E-state index contributed by atoms with van der Waals surface area (Å²) >= 11 is 0. The minimum absolute atomic E-state index is 0.0000201. The number of likely N-dealkylation sites (N-methyl/N-ethyl adjacent to an activating group) is 1. The molecule has 2 aromatic carbocycles. The van der Waals surface area contributed by atoms with Gasteiger partial charge in [0.15, 0.2) is 9.84 Å². The number of hydrogen-bond acceptors (Lipinski definition) is 3. The molecular formula is C17H19NO2S. The molecule has 0 atom stereocenters. The molecule has 0 amide bonds. The van der Waals surface area contributed by atoms with Gasteiger partial charge < -0.3 is 5.32 Å². The molecule has 0 aromatic heterocycles. The topological polar surface area (TPSA) is 46.2 Å². The van der Waals surface area contributed by atoms with Crippen molar-refractivity contribution >= 4 is 9.84 Å². The van der Waals surface area contributed by atoms with Gasteiger partial charge in [-0.1, -0.05) is 48.5 Å². The number of benzene rings is 2. The van der Waals surface area contributed by atoms with Crippen LogP contribution < -0.4 is 5.32 Å². The van der Waals surface area contributed by atoms with Gasteiger partial charge in [0.25, 0.3) is 0 Å². The first-order valence-corrected chi connectivity index (χ1v) is 8.45. The molecule has 0 aliphatic carbocycles. The first-order valence-electron chi connectivity index (χ1n) is 6.80. The SMILES string of the molecule is CNC(=CCS(=O)(=O)c1ccccc1)Cc1ccccc1. The lowest BCUT2D eigenvalue weighted by Gasteiger charge is -2.08. The van der Waals surface area contributed by atoms with Crippen molar-refractivity contribution in [2.75, 3.05) is 12.8 Å². The second kappa shape index (κ2) is 7.09. The van der Waals surface area contributed by atoms with E-state index in [1.54, 1.807) is 30.3 Å². The van der Waals surface area contributed by atoms with Gasteiger partial charge in [0, 0.05) is 19.2 Å².